The molecule has 0 saturated carbocycles. The lowest BCUT2D eigenvalue weighted by molar-refractivity contribution is -0.131. The molecule has 13 heavy (non-hydrogen) atoms. The summed E-state index contributed by atoms with van der Waals surface area (Å²) in [5.74, 6) is 0.875. The minimum atomic E-state index is -0.907. The Labute approximate surface area is 76.7 Å². The summed E-state index contributed by atoms with van der Waals surface area (Å²) in [4.78, 5) is 10.1. The van der Waals surface area contributed by atoms with Crippen LogP contribution in [0.25, 0.3) is 0 Å². The molecule has 70 valence electrons. The average molecular weight is 180 g/mol. The molecule has 0 radical (unpaired) electrons. The molecule has 0 unspecified atom stereocenters. The first-order valence-electron chi connectivity index (χ1n) is 4.13. The maximum Gasteiger partial charge on any atom is 0.327 e. The van der Waals surface area contributed by atoms with Gasteiger partial charge in [-0.05, 0) is 25.5 Å². The number of allylic oxidation sites excluding steroid dienone is 1. The van der Waals surface area contributed by atoms with Gasteiger partial charge in [0.15, 0.2) is 0 Å². The number of aliphatic carboxylic acids is 1. The summed E-state index contributed by atoms with van der Waals surface area (Å²) < 4.78 is 5.31. The molecule has 1 aromatic heterocycles. The Morgan fingerprint density at radius 1 is 1.62 bits per heavy atom. The first-order valence-corrected chi connectivity index (χ1v) is 4.13. The Balaban J connectivity index is 2.31. The molecule has 0 saturated heterocycles. The lowest BCUT2D eigenvalue weighted by Crippen LogP contribution is -1.86. The van der Waals surface area contributed by atoms with Crippen LogP contribution >= 0.6 is 0 Å². The molecule has 1 rings (SSSR count). The van der Waals surface area contributed by atoms with E-state index < -0.39 is 5.97 Å². The molecule has 3 heteroatoms. The van der Waals surface area contributed by atoms with Gasteiger partial charge in [-0.1, -0.05) is 6.08 Å². The smallest absolute Gasteiger partial charge is 0.327 e. The summed E-state index contributed by atoms with van der Waals surface area (Å²) in [6, 6.07) is 3.81. The van der Waals surface area contributed by atoms with E-state index in [2.05, 4.69) is 0 Å². The van der Waals surface area contributed by atoms with Crippen molar-refractivity contribution < 1.29 is 14.3 Å². The Hall–Kier alpha value is -1.51. The van der Waals surface area contributed by atoms with Gasteiger partial charge in [0.2, 0.25) is 0 Å². The maximum atomic E-state index is 10.1. The van der Waals surface area contributed by atoms with Crippen LogP contribution < -0.4 is 0 Å². The van der Waals surface area contributed by atoms with Gasteiger partial charge < -0.3 is 9.52 Å². The zero-order valence-electron chi connectivity index (χ0n) is 7.49. The highest BCUT2D eigenvalue weighted by Gasteiger charge is 1.96. The van der Waals surface area contributed by atoms with E-state index in [0.29, 0.717) is 6.42 Å². The highest BCUT2D eigenvalue weighted by molar-refractivity contribution is 5.79. The fraction of sp³-hybridized carbons (Fsp3) is 0.300. The van der Waals surface area contributed by atoms with Crippen LogP contribution in [0.1, 0.15) is 17.9 Å². The van der Waals surface area contributed by atoms with Crippen molar-refractivity contribution in [1.29, 1.82) is 0 Å². The van der Waals surface area contributed by atoms with Crippen molar-refractivity contribution in [3.05, 3.63) is 35.8 Å². The van der Waals surface area contributed by atoms with Crippen LogP contribution in [0.15, 0.2) is 28.7 Å². The first kappa shape index (κ1) is 9.58. The monoisotopic (exact) mass is 180 g/mol. The van der Waals surface area contributed by atoms with E-state index in [1.807, 2.05) is 19.1 Å². The van der Waals surface area contributed by atoms with E-state index in [1.54, 1.807) is 6.08 Å². The van der Waals surface area contributed by atoms with Crippen LogP contribution in [0, 0.1) is 6.92 Å². The average Bonchev–Trinajstić information content (AvgIpc) is 2.45. The van der Waals surface area contributed by atoms with Crippen molar-refractivity contribution in [2.24, 2.45) is 0 Å². The van der Waals surface area contributed by atoms with E-state index in [0.717, 1.165) is 24.0 Å². The Morgan fingerprint density at radius 3 is 2.92 bits per heavy atom. The van der Waals surface area contributed by atoms with Gasteiger partial charge in [0, 0.05) is 12.5 Å². The van der Waals surface area contributed by atoms with Crippen LogP contribution in [0.2, 0.25) is 0 Å². The second-order valence-corrected chi connectivity index (χ2v) is 2.79. The van der Waals surface area contributed by atoms with Crippen molar-refractivity contribution in [3.63, 3.8) is 0 Å². The molecule has 0 aliphatic heterocycles. The predicted molar refractivity (Wildman–Crippen MR) is 48.5 cm³/mol. The van der Waals surface area contributed by atoms with Gasteiger partial charge in [0.1, 0.15) is 11.5 Å². The van der Waals surface area contributed by atoms with Crippen molar-refractivity contribution in [3.8, 4) is 0 Å². The second-order valence-electron chi connectivity index (χ2n) is 2.79. The number of carboxylic acid groups (broad SMARTS) is 1. The summed E-state index contributed by atoms with van der Waals surface area (Å²) in [5, 5.41) is 8.30. The van der Waals surface area contributed by atoms with Gasteiger partial charge in [0.05, 0.1) is 0 Å². The van der Waals surface area contributed by atoms with E-state index in [9.17, 15) is 4.79 Å². The minimum absolute atomic E-state index is 0.694. The van der Waals surface area contributed by atoms with Gasteiger partial charge >= 0.3 is 5.97 Å². The summed E-state index contributed by atoms with van der Waals surface area (Å²) in [5.41, 5.74) is 0. The van der Waals surface area contributed by atoms with Crippen LogP contribution in [-0.2, 0) is 11.2 Å². The Bertz CT molecular complexity index is 310. The third-order valence-corrected chi connectivity index (χ3v) is 1.61. The molecule has 3 nitrogen and oxygen atoms in total. The number of carbonyl (C=O) groups is 1. The molecular formula is C10H12O3. The van der Waals surface area contributed by atoms with Crippen molar-refractivity contribution in [2.45, 2.75) is 19.8 Å². The molecule has 0 atom stereocenters. The van der Waals surface area contributed by atoms with E-state index >= 15 is 0 Å². The number of furan rings is 1. The first-order chi connectivity index (χ1) is 6.18. The quantitative estimate of drug-likeness (QED) is 0.722. The normalized spacial score (nSPS) is 10.8. The van der Waals surface area contributed by atoms with Crippen LogP contribution in [-0.4, -0.2) is 11.1 Å². The third-order valence-electron chi connectivity index (χ3n) is 1.61. The summed E-state index contributed by atoms with van der Waals surface area (Å²) in [6.45, 7) is 1.89. The van der Waals surface area contributed by atoms with E-state index in [-0.39, 0.29) is 0 Å². The summed E-state index contributed by atoms with van der Waals surface area (Å²) in [6.07, 6.45) is 4.22. The van der Waals surface area contributed by atoms with Gasteiger partial charge in [0.25, 0.3) is 0 Å². The van der Waals surface area contributed by atoms with Crippen molar-refractivity contribution in [1.82, 2.24) is 0 Å². The van der Waals surface area contributed by atoms with Gasteiger partial charge in [-0.3, -0.25) is 0 Å². The van der Waals surface area contributed by atoms with E-state index in [4.69, 9.17) is 9.52 Å². The molecule has 0 aliphatic rings. The fourth-order valence-corrected chi connectivity index (χ4v) is 1.03. The molecule has 0 fully saturated rings. The third kappa shape index (κ3) is 3.60. The van der Waals surface area contributed by atoms with Gasteiger partial charge in [-0.15, -0.1) is 0 Å². The van der Waals surface area contributed by atoms with Crippen molar-refractivity contribution >= 4 is 5.97 Å². The molecule has 0 spiro atoms. The zero-order valence-corrected chi connectivity index (χ0v) is 7.49. The molecule has 1 N–H and O–H groups in total. The summed E-state index contributed by atoms with van der Waals surface area (Å²) >= 11 is 0. The standard InChI is InChI=1S/C10H12O3/c1-8-6-7-9(13-8)4-2-3-5-10(11)12/h3,5-7H,2,4H2,1H3,(H,11,12)/b5-3+. The Morgan fingerprint density at radius 2 is 2.38 bits per heavy atom. The van der Waals surface area contributed by atoms with E-state index in [1.165, 1.54) is 0 Å². The van der Waals surface area contributed by atoms with Gasteiger partial charge in [-0.25, -0.2) is 4.79 Å². The Kier molecular flexibility index (Phi) is 3.31. The van der Waals surface area contributed by atoms with Crippen molar-refractivity contribution in [2.75, 3.05) is 0 Å². The number of rotatable bonds is 4. The number of hydrogen-bond donors (Lipinski definition) is 1. The van der Waals surface area contributed by atoms with Gasteiger partial charge in [-0.2, -0.15) is 0 Å². The van der Waals surface area contributed by atoms with Crippen LogP contribution in [0.4, 0.5) is 0 Å². The molecular weight excluding hydrogens is 168 g/mol. The van der Waals surface area contributed by atoms with Crippen LogP contribution in [0.5, 0.6) is 0 Å². The number of hydrogen-bond acceptors (Lipinski definition) is 2. The molecule has 0 aromatic carbocycles. The second kappa shape index (κ2) is 4.50. The summed E-state index contributed by atoms with van der Waals surface area (Å²) in [7, 11) is 0. The maximum absolute atomic E-state index is 10.1. The highest BCUT2D eigenvalue weighted by Crippen LogP contribution is 2.08. The number of carboxylic acids is 1. The molecule has 0 aliphatic carbocycles. The zero-order chi connectivity index (χ0) is 9.68. The predicted octanol–water partition coefficient (Wildman–Crippen LogP) is 2.16. The topological polar surface area (TPSA) is 50.4 Å². The highest BCUT2D eigenvalue weighted by atomic mass is 16.4. The minimum Gasteiger partial charge on any atom is -0.478 e. The molecule has 0 bridgehead atoms. The lowest BCUT2D eigenvalue weighted by Gasteiger charge is -1.90. The molecule has 0 amide bonds. The largest absolute Gasteiger partial charge is 0.478 e. The lowest BCUT2D eigenvalue weighted by atomic mass is 10.2. The molecule has 1 aromatic rings. The SMILES string of the molecule is Cc1ccc(CC/C=C/C(=O)O)o1. The number of aryl methyl sites for hydroxylation is 2. The fourth-order valence-electron chi connectivity index (χ4n) is 1.03. The van der Waals surface area contributed by atoms with Crippen LogP contribution in [0.3, 0.4) is 0 Å². The molecule has 1 heterocycles.